The van der Waals surface area contributed by atoms with Gasteiger partial charge in [-0.15, -0.1) is 0 Å². The van der Waals surface area contributed by atoms with E-state index in [1.807, 2.05) is 31.2 Å². The Balaban J connectivity index is 2.04. The van der Waals surface area contributed by atoms with Crippen molar-refractivity contribution in [2.75, 3.05) is 27.3 Å². The fourth-order valence-electron chi connectivity index (χ4n) is 2.11. The molecule has 2 aromatic rings. The number of methoxy groups -OCH3 is 1. The number of hydrogen-bond donors (Lipinski definition) is 0. The molecule has 0 heterocycles. The molecule has 0 spiro atoms. The van der Waals surface area contributed by atoms with Crippen molar-refractivity contribution in [3.8, 4) is 11.5 Å². The van der Waals surface area contributed by atoms with Crippen molar-refractivity contribution < 1.29 is 22.3 Å². The molecule has 2 aromatic carbocycles. The zero-order chi connectivity index (χ0) is 17.7. The first-order valence-electron chi connectivity index (χ1n) is 7.34. The Hall–Kier alpha value is -2.12. The summed E-state index contributed by atoms with van der Waals surface area (Å²) in [5.41, 5.74) is 0.972. The molecular formula is C17H20FNO4S. The predicted octanol–water partition coefficient (Wildman–Crippen LogP) is 2.84. The predicted molar refractivity (Wildman–Crippen MR) is 89.4 cm³/mol. The average Bonchev–Trinajstić information content (AvgIpc) is 2.56. The molecule has 0 amide bonds. The number of para-hydroxylation sites is 1. The van der Waals surface area contributed by atoms with Crippen molar-refractivity contribution >= 4 is 10.0 Å². The van der Waals surface area contributed by atoms with Gasteiger partial charge in [-0.2, -0.15) is 4.31 Å². The van der Waals surface area contributed by atoms with Crippen molar-refractivity contribution in [1.82, 2.24) is 4.31 Å². The van der Waals surface area contributed by atoms with Crippen LogP contribution in [0.4, 0.5) is 4.39 Å². The number of nitrogens with zero attached hydrogens (tertiary/aromatic N) is 1. The first-order chi connectivity index (χ1) is 11.4. The number of benzene rings is 2. The van der Waals surface area contributed by atoms with Gasteiger partial charge in [0.1, 0.15) is 12.4 Å². The molecule has 0 aromatic heterocycles. The zero-order valence-electron chi connectivity index (χ0n) is 13.8. The van der Waals surface area contributed by atoms with Gasteiger partial charge in [-0.3, -0.25) is 0 Å². The first kappa shape index (κ1) is 18.2. The third kappa shape index (κ3) is 4.04. The molecule has 7 heteroatoms. The highest BCUT2D eigenvalue weighted by Crippen LogP contribution is 2.22. The van der Waals surface area contributed by atoms with E-state index < -0.39 is 15.8 Å². The molecule has 0 N–H and O–H groups in total. The molecular weight excluding hydrogens is 333 g/mol. The molecule has 5 nitrogen and oxygen atoms in total. The second-order valence-electron chi connectivity index (χ2n) is 5.24. The Morgan fingerprint density at radius 2 is 1.83 bits per heavy atom. The molecule has 0 saturated heterocycles. The fourth-order valence-corrected chi connectivity index (χ4v) is 3.28. The van der Waals surface area contributed by atoms with E-state index in [4.69, 9.17) is 9.47 Å². The lowest BCUT2D eigenvalue weighted by Gasteiger charge is -2.18. The van der Waals surface area contributed by atoms with Crippen LogP contribution in [0, 0.1) is 12.7 Å². The monoisotopic (exact) mass is 353 g/mol. The number of likely N-dealkylation sites (N-methyl/N-ethyl adjacent to an activating group) is 1. The first-order valence-corrected chi connectivity index (χ1v) is 8.78. The van der Waals surface area contributed by atoms with Crippen LogP contribution in [0.1, 0.15) is 5.56 Å². The summed E-state index contributed by atoms with van der Waals surface area (Å²) in [5, 5.41) is 0. The maximum Gasteiger partial charge on any atom is 0.243 e. The van der Waals surface area contributed by atoms with Crippen LogP contribution >= 0.6 is 0 Å². The van der Waals surface area contributed by atoms with Gasteiger partial charge in [0.2, 0.25) is 10.0 Å². The van der Waals surface area contributed by atoms with Crippen LogP contribution in [0.25, 0.3) is 0 Å². The van der Waals surface area contributed by atoms with Crippen molar-refractivity contribution in [2.24, 2.45) is 0 Å². The summed E-state index contributed by atoms with van der Waals surface area (Å²) in [4.78, 5) is -0.126. The average molecular weight is 353 g/mol. The summed E-state index contributed by atoms with van der Waals surface area (Å²) in [7, 11) is -1.04. The summed E-state index contributed by atoms with van der Waals surface area (Å²) in [6, 6.07) is 11.0. The lowest BCUT2D eigenvalue weighted by molar-refractivity contribution is 0.285. The van der Waals surface area contributed by atoms with Gasteiger partial charge in [0, 0.05) is 13.6 Å². The Kier molecular flexibility index (Phi) is 5.80. The number of ether oxygens (including phenoxy) is 2. The van der Waals surface area contributed by atoms with E-state index >= 15 is 0 Å². The second-order valence-corrected chi connectivity index (χ2v) is 7.28. The molecule has 0 aliphatic heterocycles. The molecule has 0 unspecified atom stereocenters. The van der Waals surface area contributed by atoms with E-state index in [2.05, 4.69) is 0 Å². The smallest absolute Gasteiger partial charge is 0.243 e. The number of hydrogen-bond acceptors (Lipinski definition) is 4. The van der Waals surface area contributed by atoms with E-state index in [1.165, 1.54) is 26.3 Å². The third-order valence-corrected chi connectivity index (χ3v) is 5.44. The molecule has 0 aliphatic carbocycles. The van der Waals surface area contributed by atoms with Gasteiger partial charge in [0.15, 0.2) is 11.6 Å². The lowest BCUT2D eigenvalue weighted by atomic mass is 10.2. The van der Waals surface area contributed by atoms with Crippen LogP contribution in [0.2, 0.25) is 0 Å². The van der Waals surface area contributed by atoms with E-state index in [0.717, 1.165) is 15.9 Å². The minimum atomic E-state index is -3.79. The second kappa shape index (κ2) is 7.63. The van der Waals surface area contributed by atoms with Crippen molar-refractivity contribution in [3.05, 3.63) is 53.8 Å². The minimum Gasteiger partial charge on any atom is -0.494 e. The van der Waals surface area contributed by atoms with Crippen molar-refractivity contribution in [2.45, 2.75) is 11.8 Å². The molecule has 2 rings (SSSR count). The highest BCUT2D eigenvalue weighted by atomic mass is 32.2. The highest BCUT2D eigenvalue weighted by molar-refractivity contribution is 7.89. The summed E-state index contributed by atoms with van der Waals surface area (Å²) in [6.07, 6.45) is 0. The van der Waals surface area contributed by atoms with Gasteiger partial charge >= 0.3 is 0 Å². The molecule has 0 aliphatic rings. The molecule has 0 fully saturated rings. The van der Waals surface area contributed by atoms with E-state index in [-0.39, 0.29) is 23.8 Å². The number of halogens is 1. The van der Waals surface area contributed by atoms with Gasteiger partial charge in [-0.05, 0) is 36.8 Å². The SMILES string of the molecule is COc1ccc(S(=O)(=O)N(C)CCOc2ccccc2C)cc1F. The van der Waals surface area contributed by atoms with Crippen LogP contribution in [0.3, 0.4) is 0 Å². The van der Waals surface area contributed by atoms with E-state index in [0.29, 0.717) is 5.75 Å². The Bertz CT molecular complexity index is 808. The Morgan fingerprint density at radius 1 is 1.12 bits per heavy atom. The van der Waals surface area contributed by atoms with Gasteiger partial charge in [0.05, 0.1) is 12.0 Å². The van der Waals surface area contributed by atoms with Crippen LogP contribution in [-0.4, -0.2) is 40.0 Å². The maximum atomic E-state index is 13.7. The summed E-state index contributed by atoms with van der Waals surface area (Å²) >= 11 is 0. The third-order valence-electron chi connectivity index (χ3n) is 3.59. The van der Waals surface area contributed by atoms with Crippen LogP contribution < -0.4 is 9.47 Å². The van der Waals surface area contributed by atoms with Crippen LogP contribution in [0.5, 0.6) is 11.5 Å². The molecule has 24 heavy (non-hydrogen) atoms. The van der Waals surface area contributed by atoms with Gasteiger partial charge < -0.3 is 9.47 Å². The highest BCUT2D eigenvalue weighted by Gasteiger charge is 2.22. The molecule has 130 valence electrons. The van der Waals surface area contributed by atoms with Crippen molar-refractivity contribution in [1.29, 1.82) is 0 Å². The minimum absolute atomic E-state index is 0.000473. The molecule has 0 atom stereocenters. The van der Waals surface area contributed by atoms with Gasteiger partial charge in [0.25, 0.3) is 0 Å². The lowest BCUT2D eigenvalue weighted by Crippen LogP contribution is -2.31. The quantitative estimate of drug-likeness (QED) is 0.768. The summed E-state index contributed by atoms with van der Waals surface area (Å²) < 4.78 is 50.2. The van der Waals surface area contributed by atoms with Crippen LogP contribution in [0.15, 0.2) is 47.4 Å². The molecule has 0 radical (unpaired) electrons. The van der Waals surface area contributed by atoms with Crippen molar-refractivity contribution in [3.63, 3.8) is 0 Å². The number of rotatable bonds is 7. The van der Waals surface area contributed by atoms with Crippen LogP contribution in [-0.2, 0) is 10.0 Å². The largest absolute Gasteiger partial charge is 0.494 e. The number of aryl methyl sites for hydroxylation is 1. The summed E-state index contributed by atoms with van der Waals surface area (Å²) in [5.74, 6) is -0.0126. The van der Waals surface area contributed by atoms with E-state index in [1.54, 1.807) is 0 Å². The normalized spacial score (nSPS) is 11.5. The standard InChI is InChI=1S/C17H20FNO4S/c1-13-6-4-5-7-16(13)23-11-10-19(2)24(20,21)14-8-9-17(22-3)15(18)12-14/h4-9,12H,10-11H2,1-3H3. The van der Waals surface area contributed by atoms with E-state index in [9.17, 15) is 12.8 Å². The van der Waals surface area contributed by atoms with Gasteiger partial charge in [-0.1, -0.05) is 18.2 Å². The van der Waals surface area contributed by atoms with Gasteiger partial charge in [-0.25, -0.2) is 12.8 Å². The topological polar surface area (TPSA) is 55.8 Å². The Morgan fingerprint density at radius 3 is 2.46 bits per heavy atom. The zero-order valence-corrected chi connectivity index (χ0v) is 14.6. The number of sulfonamides is 1. The Labute approximate surface area is 141 Å². The fraction of sp³-hybridized carbons (Fsp3) is 0.294. The molecule has 0 bridgehead atoms. The molecule has 0 saturated carbocycles. The maximum absolute atomic E-state index is 13.7. The summed E-state index contributed by atoms with van der Waals surface area (Å²) in [6.45, 7) is 2.25.